The number of rotatable bonds is 6. The van der Waals surface area contributed by atoms with Crippen molar-refractivity contribution in [2.45, 2.75) is 32.4 Å². The number of hydrogen-bond acceptors (Lipinski definition) is 5. The van der Waals surface area contributed by atoms with E-state index in [0.717, 1.165) is 32.6 Å². The summed E-state index contributed by atoms with van der Waals surface area (Å²) in [6.07, 6.45) is 0.928. The zero-order valence-corrected chi connectivity index (χ0v) is 14.4. The van der Waals surface area contributed by atoms with Crippen molar-refractivity contribution in [2.75, 3.05) is 38.1 Å². The van der Waals surface area contributed by atoms with Crippen LogP contribution in [0.5, 0.6) is 0 Å². The van der Waals surface area contributed by atoms with Gasteiger partial charge in [-0.25, -0.2) is 0 Å². The second-order valence-corrected chi connectivity index (χ2v) is 6.14. The van der Waals surface area contributed by atoms with Gasteiger partial charge in [-0.1, -0.05) is 19.1 Å². The quantitative estimate of drug-likeness (QED) is 0.821. The molecule has 0 saturated carbocycles. The van der Waals surface area contributed by atoms with Crippen molar-refractivity contribution >= 4 is 11.6 Å². The molecule has 1 aliphatic heterocycles. The average Bonchev–Trinajstić information content (AvgIpc) is 2.63. The predicted molar refractivity (Wildman–Crippen MR) is 93.6 cm³/mol. The van der Waals surface area contributed by atoms with Crippen LogP contribution in [0.25, 0.3) is 0 Å². The van der Waals surface area contributed by atoms with Crippen LogP contribution in [0.1, 0.15) is 25.8 Å². The summed E-state index contributed by atoms with van der Waals surface area (Å²) < 4.78 is 0. The molecule has 0 spiro atoms. The first-order valence-corrected chi connectivity index (χ1v) is 8.49. The molecule has 0 aromatic heterocycles. The first-order chi connectivity index (χ1) is 11.6. The highest BCUT2D eigenvalue weighted by molar-refractivity contribution is 5.95. The average molecular weight is 330 g/mol. The van der Waals surface area contributed by atoms with Gasteiger partial charge in [0.15, 0.2) is 0 Å². The van der Waals surface area contributed by atoms with Gasteiger partial charge in [0.25, 0.3) is 0 Å². The van der Waals surface area contributed by atoms with Gasteiger partial charge in [0, 0.05) is 32.2 Å². The number of aliphatic hydroxyl groups is 1. The number of para-hydroxylation sites is 1. The Morgan fingerprint density at radius 2 is 1.92 bits per heavy atom. The topological polar surface area (TPSA) is 79.6 Å². The van der Waals surface area contributed by atoms with Crippen molar-refractivity contribution in [3.05, 3.63) is 29.8 Å². The Kier molecular flexibility index (Phi) is 6.73. The summed E-state index contributed by atoms with van der Waals surface area (Å²) in [4.78, 5) is 16.9. The molecular formula is C18H26N4O2. The Balaban J connectivity index is 1.92. The van der Waals surface area contributed by atoms with E-state index in [9.17, 15) is 9.90 Å². The van der Waals surface area contributed by atoms with Gasteiger partial charge in [-0.15, -0.1) is 0 Å². The predicted octanol–water partition coefficient (Wildman–Crippen LogP) is 1.27. The van der Waals surface area contributed by atoms with Crippen LogP contribution in [-0.2, 0) is 4.79 Å². The van der Waals surface area contributed by atoms with Gasteiger partial charge in [0.05, 0.1) is 23.9 Å². The summed E-state index contributed by atoms with van der Waals surface area (Å²) >= 11 is 0. The Labute approximate surface area is 143 Å². The van der Waals surface area contributed by atoms with Crippen LogP contribution in [0.3, 0.4) is 0 Å². The summed E-state index contributed by atoms with van der Waals surface area (Å²) in [5, 5.41) is 21.4. The van der Waals surface area contributed by atoms with Crippen LogP contribution in [0, 0.1) is 11.3 Å². The summed E-state index contributed by atoms with van der Waals surface area (Å²) in [6, 6.07) is 9.07. The fourth-order valence-electron chi connectivity index (χ4n) is 3.09. The monoisotopic (exact) mass is 330 g/mol. The molecule has 2 unspecified atom stereocenters. The molecule has 1 saturated heterocycles. The SMILES string of the molecule is CCC(CO)N1CCN(C(C)C(=O)Nc2ccccc2C#N)CC1. The molecule has 0 bridgehead atoms. The number of nitriles is 1. The highest BCUT2D eigenvalue weighted by atomic mass is 16.3. The fraction of sp³-hybridized carbons (Fsp3) is 0.556. The number of hydrogen-bond donors (Lipinski definition) is 2. The van der Waals surface area contributed by atoms with E-state index >= 15 is 0 Å². The largest absolute Gasteiger partial charge is 0.395 e. The molecule has 1 aliphatic rings. The Morgan fingerprint density at radius 3 is 2.50 bits per heavy atom. The first kappa shape index (κ1) is 18.4. The molecule has 6 nitrogen and oxygen atoms in total. The van der Waals surface area contributed by atoms with Gasteiger partial charge < -0.3 is 10.4 Å². The third kappa shape index (κ3) is 4.32. The zero-order chi connectivity index (χ0) is 17.5. The van der Waals surface area contributed by atoms with E-state index < -0.39 is 0 Å². The molecule has 1 aromatic rings. The van der Waals surface area contributed by atoms with E-state index in [1.807, 2.05) is 6.92 Å². The number of nitrogens with zero attached hydrogens (tertiary/aromatic N) is 3. The molecule has 6 heteroatoms. The van der Waals surface area contributed by atoms with E-state index in [1.54, 1.807) is 24.3 Å². The summed E-state index contributed by atoms with van der Waals surface area (Å²) in [7, 11) is 0. The van der Waals surface area contributed by atoms with E-state index in [1.165, 1.54) is 0 Å². The Hall–Kier alpha value is -1.94. The molecule has 24 heavy (non-hydrogen) atoms. The third-order valence-electron chi connectivity index (χ3n) is 4.78. The normalized spacial score (nSPS) is 18.6. The van der Waals surface area contributed by atoms with Crippen LogP contribution in [0.15, 0.2) is 24.3 Å². The number of nitrogens with one attached hydrogen (secondary N) is 1. The second kappa shape index (κ2) is 8.78. The van der Waals surface area contributed by atoms with Crippen molar-refractivity contribution in [1.29, 1.82) is 5.26 Å². The molecule has 1 aromatic carbocycles. The number of carbonyl (C=O) groups excluding carboxylic acids is 1. The van der Waals surface area contributed by atoms with Crippen molar-refractivity contribution in [2.24, 2.45) is 0 Å². The molecule has 2 rings (SSSR count). The number of amides is 1. The number of carbonyl (C=O) groups is 1. The van der Waals surface area contributed by atoms with Crippen molar-refractivity contribution in [3.63, 3.8) is 0 Å². The molecule has 130 valence electrons. The zero-order valence-electron chi connectivity index (χ0n) is 14.4. The number of benzene rings is 1. The number of aliphatic hydroxyl groups excluding tert-OH is 1. The lowest BCUT2D eigenvalue weighted by molar-refractivity contribution is -0.121. The highest BCUT2D eigenvalue weighted by Crippen LogP contribution is 2.16. The van der Waals surface area contributed by atoms with Crippen molar-refractivity contribution in [1.82, 2.24) is 9.80 Å². The maximum Gasteiger partial charge on any atom is 0.241 e. The molecule has 2 atom stereocenters. The third-order valence-corrected chi connectivity index (χ3v) is 4.78. The number of anilines is 1. The van der Waals surface area contributed by atoms with Crippen molar-refractivity contribution < 1.29 is 9.90 Å². The van der Waals surface area contributed by atoms with E-state index in [4.69, 9.17) is 5.26 Å². The maximum atomic E-state index is 12.5. The summed E-state index contributed by atoms with van der Waals surface area (Å²) in [5.74, 6) is -0.0969. The van der Waals surface area contributed by atoms with Gasteiger partial charge in [0.2, 0.25) is 5.91 Å². The minimum Gasteiger partial charge on any atom is -0.395 e. The van der Waals surface area contributed by atoms with Crippen LogP contribution in [0.4, 0.5) is 5.69 Å². The molecule has 1 amide bonds. The first-order valence-electron chi connectivity index (χ1n) is 8.49. The van der Waals surface area contributed by atoms with Crippen LogP contribution < -0.4 is 5.32 Å². The van der Waals surface area contributed by atoms with Crippen molar-refractivity contribution in [3.8, 4) is 6.07 Å². The Morgan fingerprint density at radius 1 is 1.29 bits per heavy atom. The minimum atomic E-state index is -0.256. The fourth-order valence-corrected chi connectivity index (χ4v) is 3.09. The lowest BCUT2D eigenvalue weighted by Crippen LogP contribution is -2.55. The van der Waals surface area contributed by atoms with Crippen LogP contribution in [-0.4, -0.2) is 65.7 Å². The van der Waals surface area contributed by atoms with Crippen LogP contribution in [0.2, 0.25) is 0 Å². The van der Waals surface area contributed by atoms with Crippen LogP contribution >= 0.6 is 0 Å². The smallest absolute Gasteiger partial charge is 0.241 e. The number of piperazine rings is 1. The maximum absolute atomic E-state index is 12.5. The van der Waals surface area contributed by atoms with Gasteiger partial charge in [-0.3, -0.25) is 14.6 Å². The minimum absolute atomic E-state index is 0.0969. The van der Waals surface area contributed by atoms with Gasteiger partial charge in [0.1, 0.15) is 6.07 Å². The van der Waals surface area contributed by atoms with Gasteiger partial charge in [-0.05, 0) is 25.5 Å². The van der Waals surface area contributed by atoms with E-state index in [0.29, 0.717) is 11.3 Å². The van der Waals surface area contributed by atoms with Gasteiger partial charge >= 0.3 is 0 Å². The molecule has 0 aliphatic carbocycles. The highest BCUT2D eigenvalue weighted by Gasteiger charge is 2.28. The standard InChI is InChI=1S/C18H26N4O2/c1-3-16(13-23)22-10-8-21(9-11-22)14(2)18(24)20-17-7-5-4-6-15(17)12-19/h4-7,14,16,23H,3,8-11,13H2,1-2H3,(H,20,24). The van der Waals surface area contributed by atoms with Gasteiger partial charge in [-0.2, -0.15) is 5.26 Å². The molecular weight excluding hydrogens is 304 g/mol. The second-order valence-electron chi connectivity index (χ2n) is 6.14. The summed E-state index contributed by atoms with van der Waals surface area (Å²) in [5.41, 5.74) is 1.03. The molecule has 2 N–H and O–H groups in total. The molecule has 1 fully saturated rings. The molecule has 0 radical (unpaired) electrons. The van der Waals surface area contributed by atoms with E-state index in [-0.39, 0.29) is 24.6 Å². The summed E-state index contributed by atoms with van der Waals surface area (Å²) in [6.45, 7) is 7.45. The Bertz CT molecular complexity index is 587. The molecule has 1 heterocycles. The lowest BCUT2D eigenvalue weighted by atomic mass is 10.1. The lowest BCUT2D eigenvalue weighted by Gasteiger charge is -2.40. The van der Waals surface area contributed by atoms with E-state index in [2.05, 4.69) is 28.1 Å².